The number of rotatable bonds is 7. The lowest BCUT2D eigenvalue weighted by atomic mass is 10.1. The van der Waals surface area contributed by atoms with Gasteiger partial charge in [0.2, 0.25) is 0 Å². The summed E-state index contributed by atoms with van der Waals surface area (Å²) in [7, 11) is 0. The number of aromatic nitrogens is 4. The summed E-state index contributed by atoms with van der Waals surface area (Å²) in [5.74, 6) is -0.649. The second-order valence-electron chi connectivity index (χ2n) is 6.76. The van der Waals surface area contributed by atoms with E-state index in [0.29, 0.717) is 17.9 Å². The Hall–Kier alpha value is -3.87. The monoisotopic (exact) mass is 401 g/mol. The Morgan fingerprint density at radius 3 is 2.43 bits per heavy atom. The number of amides is 1. The number of hydrogen-bond donors (Lipinski definition) is 1. The summed E-state index contributed by atoms with van der Waals surface area (Å²) in [4.78, 5) is 16.9. The zero-order chi connectivity index (χ0) is 20.8. The van der Waals surface area contributed by atoms with Crippen molar-refractivity contribution in [3.05, 3.63) is 96.2 Å². The molecule has 0 fully saturated rings. The van der Waals surface area contributed by atoms with Crippen LogP contribution in [0, 0.1) is 5.82 Å². The highest BCUT2D eigenvalue weighted by atomic mass is 19.1. The topological polar surface area (TPSA) is 72.7 Å². The number of benzene rings is 2. The highest BCUT2D eigenvalue weighted by Gasteiger charge is 2.22. The molecule has 4 rings (SSSR count). The molecule has 0 bridgehead atoms. The summed E-state index contributed by atoms with van der Waals surface area (Å²) in [5.41, 5.74) is 3.33. The molecule has 0 saturated heterocycles. The molecule has 1 amide bonds. The molecule has 0 unspecified atom stereocenters. The van der Waals surface area contributed by atoms with E-state index in [0.717, 1.165) is 18.4 Å². The van der Waals surface area contributed by atoms with E-state index < -0.39 is 0 Å². The molecule has 7 heteroatoms. The number of halogens is 1. The van der Waals surface area contributed by atoms with Crippen LogP contribution < -0.4 is 5.32 Å². The molecule has 150 valence electrons. The Kier molecular flexibility index (Phi) is 5.89. The molecular weight excluding hydrogens is 381 g/mol. The van der Waals surface area contributed by atoms with Crippen molar-refractivity contribution in [2.45, 2.75) is 12.8 Å². The third kappa shape index (κ3) is 4.41. The van der Waals surface area contributed by atoms with Gasteiger partial charge in [-0.1, -0.05) is 35.5 Å². The first kappa shape index (κ1) is 19.4. The number of hydrogen-bond acceptors (Lipinski definition) is 4. The Morgan fingerprint density at radius 2 is 1.70 bits per heavy atom. The fourth-order valence-corrected chi connectivity index (χ4v) is 3.19. The lowest BCUT2D eigenvalue weighted by molar-refractivity contribution is 0.0949. The van der Waals surface area contributed by atoms with Crippen LogP contribution in [0.4, 0.5) is 4.39 Å². The van der Waals surface area contributed by atoms with Crippen LogP contribution >= 0.6 is 0 Å². The van der Waals surface area contributed by atoms with Crippen molar-refractivity contribution < 1.29 is 9.18 Å². The fraction of sp³-hybridized carbons (Fsp3) is 0.130. The van der Waals surface area contributed by atoms with E-state index in [1.54, 1.807) is 36.7 Å². The number of nitrogens with zero attached hydrogens (tertiary/aromatic N) is 4. The van der Waals surface area contributed by atoms with Crippen LogP contribution in [-0.4, -0.2) is 32.4 Å². The predicted molar refractivity (Wildman–Crippen MR) is 112 cm³/mol. The smallest absolute Gasteiger partial charge is 0.274 e. The zero-order valence-corrected chi connectivity index (χ0v) is 16.2. The Bertz CT molecular complexity index is 1110. The minimum absolute atomic E-state index is 0.213. The van der Waals surface area contributed by atoms with E-state index in [1.165, 1.54) is 22.4 Å². The van der Waals surface area contributed by atoms with Crippen molar-refractivity contribution in [2.75, 3.05) is 6.54 Å². The summed E-state index contributed by atoms with van der Waals surface area (Å²) >= 11 is 0. The SMILES string of the molecule is O=C(NCCCc1ccccc1)c1nnn(-c2ccc(F)cc2)c1-c1ccncc1. The van der Waals surface area contributed by atoms with Gasteiger partial charge in [-0.25, -0.2) is 9.07 Å². The molecule has 0 radical (unpaired) electrons. The number of carbonyl (C=O) groups excluding carboxylic acids is 1. The summed E-state index contributed by atoms with van der Waals surface area (Å²) in [6.45, 7) is 0.521. The van der Waals surface area contributed by atoms with Gasteiger partial charge in [0.1, 0.15) is 11.5 Å². The quantitative estimate of drug-likeness (QED) is 0.478. The normalized spacial score (nSPS) is 10.7. The van der Waals surface area contributed by atoms with Gasteiger partial charge in [0.05, 0.1) is 5.69 Å². The van der Waals surface area contributed by atoms with Crippen molar-refractivity contribution in [2.24, 2.45) is 0 Å². The van der Waals surface area contributed by atoms with Gasteiger partial charge in [-0.2, -0.15) is 0 Å². The van der Waals surface area contributed by atoms with Crippen molar-refractivity contribution in [3.63, 3.8) is 0 Å². The molecule has 0 saturated carbocycles. The Morgan fingerprint density at radius 1 is 0.967 bits per heavy atom. The maximum Gasteiger partial charge on any atom is 0.274 e. The maximum absolute atomic E-state index is 13.3. The van der Waals surface area contributed by atoms with Gasteiger partial charge in [-0.3, -0.25) is 9.78 Å². The average Bonchev–Trinajstić information content (AvgIpc) is 3.24. The first-order valence-electron chi connectivity index (χ1n) is 9.66. The van der Waals surface area contributed by atoms with Crippen LogP contribution in [0.3, 0.4) is 0 Å². The minimum Gasteiger partial charge on any atom is -0.351 e. The molecule has 0 aliphatic rings. The first-order chi connectivity index (χ1) is 14.7. The number of pyridine rings is 1. The fourth-order valence-electron chi connectivity index (χ4n) is 3.19. The summed E-state index contributed by atoms with van der Waals surface area (Å²) < 4.78 is 14.9. The molecule has 0 aliphatic carbocycles. The summed E-state index contributed by atoms with van der Waals surface area (Å²) in [6.07, 6.45) is 4.96. The van der Waals surface area contributed by atoms with Crippen LogP contribution in [0.15, 0.2) is 79.1 Å². The first-order valence-corrected chi connectivity index (χ1v) is 9.66. The van der Waals surface area contributed by atoms with Gasteiger partial charge in [0.15, 0.2) is 5.69 Å². The molecule has 0 atom stereocenters. The van der Waals surface area contributed by atoms with Gasteiger partial charge in [0.25, 0.3) is 5.91 Å². The molecule has 2 heterocycles. The van der Waals surface area contributed by atoms with Gasteiger partial charge >= 0.3 is 0 Å². The lowest BCUT2D eigenvalue weighted by Gasteiger charge is -2.09. The van der Waals surface area contributed by atoms with E-state index in [-0.39, 0.29) is 17.4 Å². The van der Waals surface area contributed by atoms with Crippen LogP contribution in [0.2, 0.25) is 0 Å². The van der Waals surface area contributed by atoms with Crippen LogP contribution in [0.1, 0.15) is 22.5 Å². The van der Waals surface area contributed by atoms with Crippen molar-refractivity contribution in [3.8, 4) is 16.9 Å². The highest BCUT2D eigenvalue weighted by Crippen LogP contribution is 2.25. The largest absolute Gasteiger partial charge is 0.351 e. The standard InChI is InChI=1S/C23H20FN5O/c24-19-8-10-20(11-9-19)29-22(18-12-15-25-16-13-18)21(27-28-29)23(30)26-14-4-7-17-5-2-1-3-6-17/h1-3,5-6,8-13,15-16H,4,7,14H2,(H,26,30). The molecule has 0 aliphatic heterocycles. The highest BCUT2D eigenvalue weighted by molar-refractivity contribution is 5.98. The maximum atomic E-state index is 13.3. The van der Waals surface area contributed by atoms with Gasteiger partial charge < -0.3 is 5.32 Å². The summed E-state index contributed by atoms with van der Waals surface area (Å²) in [6, 6.07) is 19.6. The van der Waals surface area contributed by atoms with Crippen LogP contribution in [0.25, 0.3) is 16.9 Å². The molecular formula is C23H20FN5O. The van der Waals surface area contributed by atoms with E-state index in [4.69, 9.17) is 0 Å². The van der Waals surface area contributed by atoms with E-state index in [1.807, 2.05) is 18.2 Å². The van der Waals surface area contributed by atoms with Gasteiger partial charge in [-0.15, -0.1) is 5.10 Å². The second-order valence-corrected chi connectivity index (χ2v) is 6.76. The zero-order valence-electron chi connectivity index (χ0n) is 16.2. The van der Waals surface area contributed by atoms with Gasteiger partial charge in [0, 0.05) is 24.5 Å². The number of nitrogens with one attached hydrogen (secondary N) is 1. The number of carbonyl (C=O) groups is 1. The minimum atomic E-state index is -0.347. The second kappa shape index (κ2) is 9.09. The molecule has 0 spiro atoms. The molecule has 6 nitrogen and oxygen atoms in total. The third-order valence-electron chi connectivity index (χ3n) is 4.68. The molecule has 4 aromatic rings. The summed E-state index contributed by atoms with van der Waals surface area (Å²) in [5, 5.41) is 11.2. The van der Waals surface area contributed by atoms with Crippen molar-refractivity contribution in [1.29, 1.82) is 0 Å². The van der Waals surface area contributed by atoms with E-state index in [9.17, 15) is 9.18 Å². The molecule has 2 aromatic carbocycles. The van der Waals surface area contributed by atoms with E-state index >= 15 is 0 Å². The Balaban J connectivity index is 1.55. The Labute approximate surface area is 173 Å². The molecule has 30 heavy (non-hydrogen) atoms. The predicted octanol–water partition coefficient (Wildman–Crippen LogP) is 3.83. The number of aryl methyl sites for hydroxylation is 1. The van der Waals surface area contributed by atoms with Crippen LogP contribution in [-0.2, 0) is 6.42 Å². The molecule has 1 N–H and O–H groups in total. The van der Waals surface area contributed by atoms with Gasteiger partial charge in [-0.05, 0) is 54.8 Å². The van der Waals surface area contributed by atoms with Crippen molar-refractivity contribution >= 4 is 5.91 Å². The van der Waals surface area contributed by atoms with E-state index in [2.05, 4.69) is 32.7 Å². The lowest BCUT2D eigenvalue weighted by Crippen LogP contribution is -2.25. The third-order valence-corrected chi connectivity index (χ3v) is 4.68. The van der Waals surface area contributed by atoms with Crippen molar-refractivity contribution in [1.82, 2.24) is 25.3 Å². The molecule has 2 aromatic heterocycles. The average molecular weight is 401 g/mol. The van der Waals surface area contributed by atoms with Crippen LogP contribution in [0.5, 0.6) is 0 Å².